The number of halogens is 1. The molecule has 1 N–H and O–H groups in total. The van der Waals surface area contributed by atoms with Crippen molar-refractivity contribution in [2.75, 3.05) is 5.33 Å². The summed E-state index contributed by atoms with van der Waals surface area (Å²) in [4.78, 5) is 12.2. The molecule has 0 aliphatic rings. The van der Waals surface area contributed by atoms with E-state index in [0.717, 1.165) is 17.3 Å². The Hall–Kier alpha value is -1.61. The molecule has 20 heavy (non-hydrogen) atoms. The van der Waals surface area contributed by atoms with E-state index >= 15 is 0 Å². The van der Waals surface area contributed by atoms with Gasteiger partial charge >= 0.3 is 0 Å². The number of amides is 1. The summed E-state index contributed by atoms with van der Waals surface area (Å²) in [5.41, 5.74) is 3.03. The molecule has 2 aromatic rings. The van der Waals surface area contributed by atoms with Crippen molar-refractivity contribution >= 4 is 21.8 Å². The van der Waals surface area contributed by atoms with Gasteiger partial charge in [0.2, 0.25) is 0 Å². The van der Waals surface area contributed by atoms with Gasteiger partial charge in [0.25, 0.3) is 5.91 Å². The Morgan fingerprint density at radius 2 is 1.90 bits per heavy atom. The number of aryl methyl sites for hydroxylation is 1. The molecule has 1 amide bonds. The van der Waals surface area contributed by atoms with Crippen LogP contribution in [0.25, 0.3) is 0 Å². The van der Waals surface area contributed by atoms with Gasteiger partial charge in [0, 0.05) is 16.9 Å². The Balaban J connectivity index is 2.01. The van der Waals surface area contributed by atoms with E-state index in [0.29, 0.717) is 5.56 Å². The van der Waals surface area contributed by atoms with Crippen molar-refractivity contribution in [2.45, 2.75) is 19.4 Å². The SMILES string of the molecule is Cc1cccc(C(=O)NC(CBr)Cc2ccccc2)c1. The molecule has 1 atom stereocenters. The van der Waals surface area contributed by atoms with E-state index in [1.165, 1.54) is 5.56 Å². The van der Waals surface area contributed by atoms with Crippen LogP contribution >= 0.6 is 15.9 Å². The topological polar surface area (TPSA) is 29.1 Å². The first-order chi connectivity index (χ1) is 9.69. The molecule has 0 bridgehead atoms. The van der Waals surface area contributed by atoms with Gasteiger partial charge in [-0.2, -0.15) is 0 Å². The summed E-state index contributed by atoms with van der Waals surface area (Å²) in [6, 6.07) is 17.9. The van der Waals surface area contributed by atoms with E-state index in [1.807, 2.05) is 49.4 Å². The second-order valence-corrected chi connectivity index (χ2v) is 5.53. The highest BCUT2D eigenvalue weighted by Crippen LogP contribution is 2.08. The lowest BCUT2D eigenvalue weighted by Crippen LogP contribution is -2.37. The van der Waals surface area contributed by atoms with Gasteiger partial charge < -0.3 is 5.32 Å². The number of hydrogen-bond acceptors (Lipinski definition) is 1. The predicted molar refractivity (Wildman–Crippen MR) is 86.4 cm³/mol. The van der Waals surface area contributed by atoms with Crippen molar-refractivity contribution in [1.82, 2.24) is 5.32 Å². The van der Waals surface area contributed by atoms with Gasteiger partial charge in [0.15, 0.2) is 0 Å². The average molecular weight is 332 g/mol. The fourth-order valence-electron chi connectivity index (χ4n) is 2.10. The number of rotatable bonds is 5. The van der Waals surface area contributed by atoms with Gasteiger partial charge in [0.05, 0.1) is 0 Å². The minimum atomic E-state index is -0.0194. The molecule has 3 heteroatoms. The van der Waals surface area contributed by atoms with Crippen molar-refractivity contribution < 1.29 is 4.79 Å². The third-order valence-corrected chi connectivity index (χ3v) is 3.91. The lowest BCUT2D eigenvalue weighted by atomic mass is 10.1. The second kappa shape index (κ2) is 7.25. The fraction of sp³-hybridized carbons (Fsp3) is 0.235. The third-order valence-electron chi connectivity index (χ3n) is 3.13. The predicted octanol–water partition coefficient (Wildman–Crippen LogP) is 3.73. The molecule has 2 nitrogen and oxygen atoms in total. The highest BCUT2D eigenvalue weighted by atomic mass is 79.9. The highest BCUT2D eigenvalue weighted by molar-refractivity contribution is 9.09. The van der Waals surface area contributed by atoms with Crippen LogP contribution in [0.4, 0.5) is 0 Å². The standard InChI is InChI=1S/C17H18BrNO/c1-13-6-5-9-15(10-13)17(20)19-16(12-18)11-14-7-3-2-4-8-14/h2-10,16H,11-12H2,1H3,(H,19,20). The minimum Gasteiger partial charge on any atom is -0.348 e. The minimum absolute atomic E-state index is 0.0194. The molecule has 2 aromatic carbocycles. The smallest absolute Gasteiger partial charge is 0.251 e. The zero-order valence-corrected chi connectivity index (χ0v) is 13.1. The number of hydrogen-bond donors (Lipinski definition) is 1. The highest BCUT2D eigenvalue weighted by Gasteiger charge is 2.13. The van der Waals surface area contributed by atoms with Gasteiger partial charge in [-0.15, -0.1) is 0 Å². The van der Waals surface area contributed by atoms with Crippen LogP contribution in [0.1, 0.15) is 21.5 Å². The molecular weight excluding hydrogens is 314 g/mol. The van der Waals surface area contributed by atoms with E-state index in [9.17, 15) is 4.79 Å². The third kappa shape index (κ3) is 4.20. The van der Waals surface area contributed by atoms with Crippen LogP contribution in [0.2, 0.25) is 0 Å². The van der Waals surface area contributed by atoms with Crippen LogP contribution in [0.5, 0.6) is 0 Å². The zero-order valence-electron chi connectivity index (χ0n) is 11.5. The first-order valence-electron chi connectivity index (χ1n) is 6.66. The number of carbonyl (C=O) groups is 1. The van der Waals surface area contributed by atoms with E-state index in [1.54, 1.807) is 0 Å². The molecule has 0 aliphatic carbocycles. The number of nitrogens with one attached hydrogen (secondary N) is 1. The van der Waals surface area contributed by atoms with E-state index in [2.05, 4.69) is 33.4 Å². The lowest BCUT2D eigenvalue weighted by molar-refractivity contribution is 0.0941. The van der Waals surface area contributed by atoms with Gasteiger partial charge in [-0.05, 0) is 31.0 Å². The summed E-state index contributed by atoms with van der Waals surface area (Å²) in [7, 11) is 0. The van der Waals surface area contributed by atoms with Crippen molar-refractivity contribution in [1.29, 1.82) is 0 Å². The average Bonchev–Trinajstić information content (AvgIpc) is 2.47. The maximum atomic E-state index is 12.2. The van der Waals surface area contributed by atoms with Crippen LogP contribution in [-0.4, -0.2) is 17.3 Å². The van der Waals surface area contributed by atoms with E-state index in [-0.39, 0.29) is 11.9 Å². The molecule has 0 radical (unpaired) electrons. The van der Waals surface area contributed by atoms with E-state index in [4.69, 9.17) is 0 Å². The Morgan fingerprint density at radius 1 is 1.15 bits per heavy atom. The zero-order chi connectivity index (χ0) is 14.4. The summed E-state index contributed by atoms with van der Waals surface area (Å²) in [5, 5.41) is 3.81. The number of benzene rings is 2. The van der Waals surface area contributed by atoms with Gasteiger partial charge in [-0.3, -0.25) is 4.79 Å². The van der Waals surface area contributed by atoms with Crippen molar-refractivity contribution in [3.8, 4) is 0 Å². The normalized spacial score (nSPS) is 11.9. The fourth-order valence-corrected chi connectivity index (χ4v) is 2.49. The molecule has 0 saturated carbocycles. The summed E-state index contributed by atoms with van der Waals surface area (Å²) >= 11 is 3.47. The van der Waals surface area contributed by atoms with E-state index < -0.39 is 0 Å². The van der Waals surface area contributed by atoms with Gasteiger partial charge in [0.1, 0.15) is 0 Å². The maximum Gasteiger partial charge on any atom is 0.251 e. The lowest BCUT2D eigenvalue weighted by Gasteiger charge is -2.16. The van der Waals surface area contributed by atoms with Gasteiger partial charge in [-0.1, -0.05) is 64.0 Å². The first-order valence-corrected chi connectivity index (χ1v) is 7.78. The number of carbonyl (C=O) groups excluding carboxylic acids is 1. The molecule has 104 valence electrons. The summed E-state index contributed by atoms with van der Waals surface area (Å²) < 4.78 is 0. The quantitative estimate of drug-likeness (QED) is 0.831. The largest absolute Gasteiger partial charge is 0.348 e. The Kier molecular flexibility index (Phi) is 5.36. The van der Waals surface area contributed by atoms with Crippen LogP contribution in [0.3, 0.4) is 0 Å². The monoisotopic (exact) mass is 331 g/mol. The second-order valence-electron chi connectivity index (χ2n) is 4.88. The van der Waals surface area contributed by atoms with Crippen LogP contribution in [0.15, 0.2) is 54.6 Å². The maximum absolute atomic E-state index is 12.2. The summed E-state index contributed by atoms with van der Waals surface area (Å²) in [5.74, 6) is -0.0194. The van der Waals surface area contributed by atoms with Gasteiger partial charge in [-0.25, -0.2) is 0 Å². The Morgan fingerprint density at radius 3 is 2.55 bits per heavy atom. The Labute approximate surface area is 128 Å². The molecule has 1 unspecified atom stereocenters. The van der Waals surface area contributed by atoms with Crippen LogP contribution in [0, 0.1) is 6.92 Å². The molecule has 0 saturated heterocycles. The molecule has 0 aromatic heterocycles. The molecule has 0 spiro atoms. The molecular formula is C17H18BrNO. The van der Waals surface area contributed by atoms with Crippen LogP contribution < -0.4 is 5.32 Å². The molecule has 0 aliphatic heterocycles. The number of alkyl halides is 1. The van der Waals surface area contributed by atoms with Crippen molar-refractivity contribution in [3.05, 3.63) is 71.3 Å². The van der Waals surface area contributed by atoms with Crippen LogP contribution in [-0.2, 0) is 6.42 Å². The molecule has 2 rings (SSSR count). The molecule has 0 heterocycles. The Bertz CT molecular complexity index is 568. The van der Waals surface area contributed by atoms with Crippen molar-refractivity contribution in [3.63, 3.8) is 0 Å². The van der Waals surface area contributed by atoms with Crippen molar-refractivity contribution in [2.24, 2.45) is 0 Å². The summed E-state index contributed by atoms with van der Waals surface area (Å²) in [6.45, 7) is 1.99. The summed E-state index contributed by atoms with van der Waals surface area (Å²) in [6.07, 6.45) is 0.823. The molecule has 0 fully saturated rings. The first kappa shape index (κ1) is 14.8.